The minimum absolute atomic E-state index is 0.0595. The lowest BCUT2D eigenvalue weighted by Gasteiger charge is -2.25. The molecule has 5 nitrogen and oxygen atoms in total. The van der Waals surface area contributed by atoms with E-state index >= 15 is 0 Å². The summed E-state index contributed by atoms with van der Waals surface area (Å²) in [7, 11) is -1.08. The SMILES string of the molecule is CC(C)(CO)Nc1nc(Cl)nc2c1[S@](=O)CC2. The Morgan fingerprint density at radius 2 is 2.24 bits per heavy atom. The minimum atomic E-state index is -1.08. The Bertz CT molecular complexity index is 479. The van der Waals surface area contributed by atoms with Gasteiger partial charge in [0.15, 0.2) is 0 Å². The van der Waals surface area contributed by atoms with Gasteiger partial charge in [-0.2, -0.15) is 4.98 Å². The fourth-order valence-electron chi connectivity index (χ4n) is 1.61. The second-order valence-corrected chi connectivity index (χ2v) is 6.43. The fraction of sp³-hybridized carbons (Fsp3) is 0.600. The van der Waals surface area contributed by atoms with E-state index in [0.717, 1.165) is 5.69 Å². The molecular formula is C10H14ClN3O2S. The van der Waals surface area contributed by atoms with Crippen molar-refractivity contribution in [3.05, 3.63) is 11.0 Å². The normalized spacial score (nSPS) is 19.2. The van der Waals surface area contributed by atoms with Crippen LogP contribution in [0.4, 0.5) is 5.82 Å². The molecule has 7 heteroatoms. The Morgan fingerprint density at radius 3 is 2.88 bits per heavy atom. The van der Waals surface area contributed by atoms with Crippen molar-refractivity contribution in [1.82, 2.24) is 9.97 Å². The van der Waals surface area contributed by atoms with Crippen LogP contribution in [-0.4, -0.2) is 37.2 Å². The average Bonchev–Trinajstić information content (AvgIpc) is 2.59. The lowest BCUT2D eigenvalue weighted by Crippen LogP contribution is -2.35. The van der Waals surface area contributed by atoms with E-state index in [1.54, 1.807) is 0 Å². The third kappa shape index (κ3) is 2.59. The molecule has 17 heavy (non-hydrogen) atoms. The maximum atomic E-state index is 11.9. The number of anilines is 1. The highest BCUT2D eigenvalue weighted by molar-refractivity contribution is 7.85. The molecule has 0 spiro atoms. The number of aromatic nitrogens is 2. The van der Waals surface area contributed by atoms with Crippen LogP contribution >= 0.6 is 11.6 Å². The summed E-state index contributed by atoms with van der Waals surface area (Å²) >= 11 is 5.82. The number of halogens is 1. The van der Waals surface area contributed by atoms with Crippen molar-refractivity contribution < 1.29 is 9.32 Å². The van der Waals surface area contributed by atoms with Crippen LogP contribution in [0.3, 0.4) is 0 Å². The lowest BCUT2D eigenvalue weighted by molar-refractivity contribution is 0.233. The molecule has 0 aromatic carbocycles. The van der Waals surface area contributed by atoms with E-state index < -0.39 is 16.3 Å². The Hall–Kier alpha value is -0.720. The topological polar surface area (TPSA) is 75.1 Å². The molecule has 0 saturated carbocycles. The van der Waals surface area contributed by atoms with Gasteiger partial charge in [0.05, 0.1) is 28.6 Å². The van der Waals surface area contributed by atoms with Crippen LogP contribution in [0.1, 0.15) is 19.5 Å². The molecular weight excluding hydrogens is 262 g/mol. The zero-order chi connectivity index (χ0) is 12.6. The first kappa shape index (κ1) is 12.7. The number of fused-ring (bicyclic) bond motifs is 1. The Balaban J connectivity index is 2.44. The summed E-state index contributed by atoms with van der Waals surface area (Å²) < 4.78 is 11.9. The first-order valence-corrected chi connectivity index (χ1v) is 6.96. The van der Waals surface area contributed by atoms with Gasteiger partial charge in [0, 0.05) is 12.2 Å². The van der Waals surface area contributed by atoms with E-state index in [9.17, 15) is 9.32 Å². The minimum Gasteiger partial charge on any atom is -0.394 e. The molecule has 1 aliphatic heterocycles. The number of rotatable bonds is 3. The molecule has 1 aromatic heterocycles. The van der Waals surface area contributed by atoms with Gasteiger partial charge in [-0.05, 0) is 25.4 Å². The number of nitrogens with zero attached hydrogens (tertiary/aromatic N) is 2. The van der Waals surface area contributed by atoms with E-state index in [-0.39, 0.29) is 11.9 Å². The number of hydrogen-bond acceptors (Lipinski definition) is 5. The molecule has 94 valence electrons. The quantitative estimate of drug-likeness (QED) is 0.804. The zero-order valence-electron chi connectivity index (χ0n) is 9.66. The molecule has 1 atom stereocenters. The first-order chi connectivity index (χ1) is 7.93. The van der Waals surface area contributed by atoms with E-state index in [4.69, 9.17) is 11.6 Å². The monoisotopic (exact) mass is 275 g/mol. The van der Waals surface area contributed by atoms with E-state index in [2.05, 4.69) is 15.3 Å². The second kappa shape index (κ2) is 4.51. The van der Waals surface area contributed by atoms with Crippen molar-refractivity contribution in [1.29, 1.82) is 0 Å². The van der Waals surface area contributed by atoms with Crippen LogP contribution in [0, 0.1) is 0 Å². The van der Waals surface area contributed by atoms with Crippen LogP contribution in [0.25, 0.3) is 0 Å². The van der Waals surface area contributed by atoms with Gasteiger partial charge in [0.25, 0.3) is 0 Å². The van der Waals surface area contributed by atoms with Crippen LogP contribution in [0.15, 0.2) is 4.90 Å². The van der Waals surface area contributed by atoms with E-state index in [1.165, 1.54) is 0 Å². The molecule has 0 aliphatic carbocycles. The Morgan fingerprint density at radius 1 is 1.53 bits per heavy atom. The maximum Gasteiger partial charge on any atom is 0.224 e. The molecule has 2 N–H and O–H groups in total. The average molecular weight is 276 g/mol. The van der Waals surface area contributed by atoms with E-state index in [0.29, 0.717) is 22.9 Å². The van der Waals surface area contributed by atoms with Gasteiger partial charge in [-0.25, -0.2) is 4.98 Å². The predicted octanol–water partition coefficient (Wildman–Crippen LogP) is 0.977. The summed E-state index contributed by atoms with van der Waals surface area (Å²) in [6, 6.07) is 0. The van der Waals surface area contributed by atoms with Crippen molar-refractivity contribution in [3.8, 4) is 0 Å². The molecule has 0 amide bonds. The highest BCUT2D eigenvalue weighted by atomic mass is 35.5. The standard InChI is InChI=1S/C10H14ClN3O2S/c1-10(2,5-15)14-8-7-6(3-4-17(7)16)12-9(11)13-8/h15H,3-5H2,1-2H3,(H,12,13,14)/t17-/m1/s1. The maximum absolute atomic E-state index is 11.9. The van der Waals surface area contributed by atoms with E-state index in [1.807, 2.05) is 13.8 Å². The van der Waals surface area contributed by atoms with Crippen molar-refractivity contribution in [2.45, 2.75) is 30.7 Å². The third-order valence-electron chi connectivity index (χ3n) is 2.51. The first-order valence-electron chi connectivity index (χ1n) is 5.27. The summed E-state index contributed by atoms with van der Waals surface area (Å²) in [5.74, 6) is 1.02. The van der Waals surface area contributed by atoms with Gasteiger partial charge in [-0.1, -0.05) is 0 Å². The van der Waals surface area contributed by atoms with Crippen molar-refractivity contribution in [2.24, 2.45) is 0 Å². The van der Waals surface area contributed by atoms with Gasteiger partial charge >= 0.3 is 0 Å². The van der Waals surface area contributed by atoms with Gasteiger partial charge in [0.1, 0.15) is 10.7 Å². The molecule has 2 rings (SSSR count). The highest BCUT2D eigenvalue weighted by Crippen LogP contribution is 2.30. The summed E-state index contributed by atoms with van der Waals surface area (Å²) in [6.45, 7) is 3.59. The summed E-state index contributed by atoms with van der Waals surface area (Å²) in [5.41, 5.74) is 0.192. The number of nitrogens with one attached hydrogen (secondary N) is 1. The number of hydrogen-bond donors (Lipinski definition) is 2. The number of aliphatic hydroxyl groups is 1. The largest absolute Gasteiger partial charge is 0.394 e. The number of aliphatic hydroxyl groups excluding tert-OH is 1. The summed E-state index contributed by atoms with van der Waals surface area (Å²) in [4.78, 5) is 8.77. The van der Waals surface area contributed by atoms with Gasteiger partial charge in [-0.3, -0.25) is 4.21 Å². The molecule has 0 fully saturated rings. The van der Waals surface area contributed by atoms with Gasteiger partial charge in [-0.15, -0.1) is 0 Å². The van der Waals surface area contributed by atoms with Crippen LogP contribution in [0.2, 0.25) is 5.28 Å². The molecule has 2 heterocycles. The molecule has 0 saturated heterocycles. The van der Waals surface area contributed by atoms with Crippen LogP contribution < -0.4 is 5.32 Å². The summed E-state index contributed by atoms with van der Waals surface area (Å²) in [6.07, 6.45) is 0.651. The fourth-order valence-corrected chi connectivity index (χ4v) is 3.10. The molecule has 1 aromatic rings. The van der Waals surface area contributed by atoms with Crippen LogP contribution in [-0.2, 0) is 17.2 Å². The predicted molar refractivity (Wildman–Crippen MR) is 66.8 cm³/mol. The van der Waals surface area contributed by atoms with Crippen molar-refractivity contribution in [3.63, 3.8) is 0 Å². The lowest BCUT2D eigenvalue weighted by atomic mass is 10.1. The Kier molecular flexibility index (Phi) is 3.38. The molecule has 0 unspecified atom stereocenters. The summed E-state index contributed by atoms with van der Waals surface area (Å²) in [5, 5.41) is 12.4. The Labute approximate surface area is 107 Å². The van der Waals surface area contributed by atoms with Crippen molar-refractivity contribution in [2.75, 3.05) is 17.7 Å². The molecule has 1 aliphatic rings. The molecule has 0 bridgehead atoms. The number of aryl methyl sites for hydroxylation is 1. The van der Waals surface area contributed by atoms with Gasteiger partial charge in [0.2, 0.25) is 5.28 Å². The third-order valence-corrected chi connectivity index (χ3v) is 4.14. The van der Waals surface area contributed by atoms with Crippen LogP contribution in [0.5, 0.6) is 0 Å². The zero-order valence-corrected chi connectivity index (χ0v) is 11.2. The smallest absolute Gasteiger partial charge is 0.224 e. The van der Waals surface area contributed by atoms with Crippen molar-refractivity contribution >= 4 is 28.2 Å². The second-order valence-electron chi connectivity index (χ2n) is 4.58. The highest BCUT2D eigenvalue weighted by Gasteiger charge is 2.28. The molecule has 0 radical (unpaired) electrons. The van der Waals surface area contributed by atoms with Gasteiger partial charge < -0.3 is 10.4 Å².